The third-order valence-corrected chi connectivity index (χ3v) is 2.34. The summed E-state index contributed by atoms with van der Waals surface area (Å²) in [6.45, 7) is 1.90. The van der Waals surface area contributed by atoms with Crippen molar-refractivity contribution in [2.45, 2.75) is 13.3 Å². The fourth-order valence-electron chi connectivity index (χ4n) is 1.55. The second-order valence-corrected chi connectivity index (χ2v) is 3.19. The Balaban J connectivity index is 2.92. The number of hydrogen-bond acceptors (Lipinski definition) is 2. The lowest BCUT2D eigenvalue weighted by Crippen LogP contribution is -2.20. The number of nitrogens with zero attached hydrogens (tertiary/aromatic N) is 1. The molecule has 3 nitrogen and oxygen atoms in total. The molecule has 0 saturated heterocycles. The molecule has 0 saturated carbocycles. The van der Waals surface area contributed by atoms with E-state index in [9.17, 15) is 10.0 Å². The van der Waals surface area contributed by atoms with Crippen LogP contribution in [0.5, 0.6) is 0 Å². The molecule has 0 bridgehead atoms. The minimum absolute atomic E-state index is 0.347. The molecule has 2 rings (SSSR count). The molecule has 1 aromatic heterocycles. The molecule has 1 N–H and O–H groups in total. The van der Waals surface area contributed by atoms with Crippen LogP contribution in [-0.2, 0) is 6.42 Å². The quantitative estimate of drug-likeness (QED) is 0.695. The summed E-state index contributed by atoms with van der Waals surface area (Å²) in [5.74, 6) is 0. The predicted octanol–water partition coefficient (Wildman–Crippen LogP) is 1.80. The lowest BCUT2D eigenvalue weighted by atomic mass is 10.1. The van der Waals surface area contributed by atoms with Crippen LogP contribution in [0.3, 0.4) is 0 Å². The van der Waals surface area contributed by atoms with Crippen LogP contribution in [-0.4, -0.2) is 9.94 Å². The van der Waals surface area contributed by atoms with Crippen molar-refractivity contribution in [2.24, 2.45) is 0 Å². The normalized spacial score (nSPS) is 10.6. The number of rotatable bonds is 1. The van der Waals surface area contributed by atoms with Crippen molar-refractivity contribution in [1.82, 2.24) is 4.73 Å². The number of pyridine rings is 1. The van der Waals surface area contributed by atoms with Crippen LogP contribution in [0.15, 0.2) is 35.1 Å². The van der Waals surface area contributed by atoms with Crippen molar-refractivity contribution >= 4 is 10.8 Å². The van der Waals surface area contributed by atoms with E-state index in [2.05, 4.69) is 0 Å². The van der Waals surface area contributed by atoms with Crippen LogP contribution in [0.4, 0.5) is 0 Å². The fraction of sp³-hybridized carbons (Fsp3) is 0.182. The maximum atomic E-state index is 11.6. The molecule has 0 aliphatic rings. The Morgan fingerprint density at radius 1 is 1.36 bits per heavy atom. The lowest BCUT2D eigenvalue weighted by Gasteiger charge is -2.05. The molecule has 0 amide bonds. The molecule has 0 atom stereocenters. The van der Waals surface area contributed by atoms with Gasteiger partial charge >= 0.3 is 0 Å². The first-order valence-corrected chi connectivity index (χ1v) is 4.57. The second kappa shape index (κ2) is 3.18. The topological polar surface area (TPSA) is 42.2 Å². The molecule has 14 heavy (non-hydrogen) atoms. The smallest absolute Gasteiger partial charge is 0.290 e. The molecule has 0 radical (unpaired) electrons. The molecule has 0 unspecified atom stereocenters. The maximum Gasteiger partial charge on any atom is 0.290 e. The van der Waals surface area contributed by atoms with Gasteiger partial charge in [0.2, 0.25) is 0 Å². The van der Waals surface area contributed by atoms with Crippen molar-refractivity contribution in [2.75, 3.05) is 0 Å². The molecule has 0 aliphatic carbocycles. The second-order valence-electron chi connectivity index (χ2n) is 3.19. The van der Waals surface area contributed by atoms with Gasteiger partial charge < -0.3 is 5.21 Å². The number of aryl methyl sites for hydroxylation is 1. The summed E-state index contributed by atoms with van der Waals surface area (Å²) in [4.78, 5) is 11.6. The van der Waals surface area contributed by atoms with E-state index >= 15 is 0 Å². The minimum atomic E-state index is -0.347. The van der Waals surface area contributed by atoms with Gasteiger partial charge in [-0.3, -0.25) is 4.79 Å². The molecule has 3 heteroatoms. The number of fused-ring (bicyclic) bond motifs is 1. The van der Waals surface area contributed by atoms with Gasteiger partial charge in [0.25, 0.3) is 5.56 Å². The van der Waals surface area contributed by atoms with Crippen LogP contribution in [0.25, 0.3) is 10.8 Å². The maximum absolute atomic E-state index is 11.6. The van der Waals surface area contributed by atoms with E-state index in [4.69, 9.17) is 0 Å². The standard InChI is InChI=1S/C11H11NO2/c1-2-9-7-8-5-3-4-6-10(8)11(13)12(9)14/h3-7,14H,2H2,1H3. The van der Waals surface area contributed by atoms with Gasteiger partial charge in [-0.05, 0) is 23.9 Å². The highest BCUT2D eigenvalue weighted by Gasteiger charge is 2.05. The van der Waals surface area contributed by atoms with Crippen LogP contribution >= 0.6 is 0 Å². The van der Waals surface area contributed by atoms with Gasteiger partial charge in [-0.15, -0.1) is 0 Å². The minimum Gasteiger partial charge on any atom is -0.425 e. The van der Waals surface area contributed by atoms with E-state index in [-0.39, 0.29) is 5.56 Å². The Bertz CT molecular complexity index is 528. The average Bonchev–Trinajstić information content (AvgIpc) is 2.23. The highest BCUT2D eigenvalue weighted by atomic mass is 16.5. The molecule has 0 fully saturated rings. The van der Waals surface area contributed by atoms with Crippen molar-refractivity contribution in [1.29, 1.82) is 0 Å². The largest absolute Gasteiger partial charge is 0.425 e. The first-order valence-electron chi connectivity index (χ1n) is 4.57. The summed E-state index contributed by atoms with van der Waals surface area (Å²) < 4.78 is 0.725. The van der Waals surface area contributed by atoms with Crippen LogP contribution < -0.4 is 5.56 Å². The highest BCUT2D eigenvalue weighted by Crippen LogP contribution is 2.11. The molecule has 1 heterocycles. The molecular weight excluding hydrogens is 178 g/mol. The number of hydrogen-bond donors (Lipinski definition) is 1. The van der Waals surface area contributed by atoms with Gasteiger partial charge in [-0.1, -0.05) is 25.1 Å². The summed E-state index contributed by atoms with van der Waals surface area (Å²) in [5, 5.41) is 10.9. The van der Waals surface area contributed by atoms with Crippen molar-refractivity contribution in [3.8, 4) is 0 Å². The van der Waals surface area contributed by atoms with E-state index in [1.165, 1.54) is 0 Å². The lowest BCUT2D eigenvalue weighted by molar-refractivity contribution is 0.167. The van der Waals surface area contributed by atoms with Crippen LogP contribution in [0, 0.1) is 0 Å². The monoisotopic (exact) mass is 189 g/mol. The van der Waals surface area contributed by atoms with E-state index in [0.29, 0.717) is 17.5 Å². The van der Waals surface area contributed by atoms with Gasteiger partial charge in [0.05, 0.1) is 11.1 Å². The summed E-state index contributed by atoms with van der Waals surface area (Å²) in [6.07, 6.45) is 0.635. The fourth-order valence-corrected chi connectivity index (χ4v) is 1.55. The predicted molar refractivity (Wildman–Crippen MR) is 54.8 cm³/mol. The van der Waals surface area contributed by atoms with Gasteiger partial charge in [-0.25, -0.2) is 0 Å². The zero-order chi connectivity index (χ0) is 10.1. The average molecular weight is 189 g/mol. The Labute approximate surface area is 81.2 Å². The number of benzene rings is 1. The summed E-state index contributed by atoms with van der Waals surface area (Å²) >= 11 is 0. The zero-order valence-corrected chi connectivity index (χ0v) is 7.90. The molecule has 2 aromatic rings. The third-order valence-electron chi connectivity index (χ3n) is 2.34. The van der Waals surface area contributed by atoms with E-state index in [1.807, 2.05) is 25.1 Å². The van der Waals surface area contributed by atoms with Crippen molar-refractivity contribution < 1.29 is 5.21 Å². The molecule has 0 spiro atoms. The van der Waals surface area contributed by atoms with Gasteiger partial charge in [0.1, 0.15) is 0 Å². The van der Waals surface area contributed by atoms with Gasteiger partial charge in [0, 0.05) is 0 Å². The zero-order valence-electron chi connectivity index (χ0n) is 7.90. The van der Waals surface area contributed by atoms with Gasteiger partial charge in [0.15, 0.2) is 0 Å². The van der Waals surface area contributed by atoms with E-state index < -0.39 is 0 Å². The Kier molecular flexibility index (Phi) is 2.00. The SMILES string of the molecule is CCc1cc2ccccc2c(=O)n1O. The van der Waals surface area contributed by atoms with Crippen LogP contribution in [0.2, 0.25) is 0 Å². The van der Waals surface area contributed by atoms with Crippen molar-refractivity contribution in [3.63, 3.8) is 0 Å². The van der Waals surface area contributed by atoms with Crippen molar-refractivity contribution in [3.05, 3.63) is 46.4 Å². The van der Waals surface area contributed by atoms with E-state index in [0.717, 1.165) is 10.1 Å². The summed E-state index contributed by atoms with van der Waals surface area (Å²) in [6, 6.07) is 9.08. The third kappa shape index (κ3) is 1.18. The Hall–Kier alpha value is -1.77. The van der Waals surface area contributed by atoms with Gasteiger partial charge in [-0.2, -0.15) is 4.73 Å². The summed E-state index contributed by atoms with van der Waals surface area (Å²) in [7, 11) is 0. The Morgan fingerprint density at radius 3 is 2.79 bits per heavy atom. The highest BCUT2D eigenvalue weighted by molar-refractivity contribution is 5.81. The Morgan fingerprint density at radius 2 is 2.07 bits per heavy atom. The first kappa shape index (κ1) is 8.81. The molecule has 0 aliphatic heterocycles. The molecule has 1 aromatic carbocycles. The summed E-state index contributed by atoms with van der Waals surface area (Å²) in [5.41, 5.74) is 0.286. The first-order chi connectivity index (χ1) is 6.74. The molecular formula is C11H11NO2. The number of aromatic nitrogens is 1. The molecule has 72 valence electrons. The van der Waals surface area contributed by atoms with Crippen LogP contribution in [0.1, 0.15) is 12.6 Å². The van der Waals surface area contributed by atoms with E-state index in [1.54, 1.807) is 12.1 Å².